The van der Waals surface area contributed by atoms with Gasteiger partial charge in [-0.3, -0.25) is 9.10 Å². The Hall–Kier alpha value is -4.34. The van der Waals surface area contributed by atoms with Crippen LogP contribution in [0, 0.1) is 0 Å². The van der Waals surface area contributed by atoms with Crippen molar-refractivity contribution in [3.63, 3.8) is 0 Å². The highest BCUT2D eigenvalue weighted by Gasteiger charge is 2.30. The van der Waals surface area contributed by atoms with E-state index in [1.54, 1.807) is 24.3 Å². The number of nitrogens with zero attached hydrogens (tertiary/aromatic N) is 3. The fourth-order valence-corrected chi connectivity index (χ4v) is 6.74. The molecule has 0 aromatic heterocycles. The Morgan fingerprint density at radius 2 is 1.44 bits per heavy atom. The van der Waals surface area contributed by atoms with Gasteiger partial charge in [0.15, 0.2) is 0 Å². The van der Waals surface area contributed by atoms with Gasteiger partial charge in [0.25, 0.3) is 15.9 Å². The van der Waals surface area contributed by atoms with Crippen LogP contribution in [0.25, 0.3) is 0 Å². The van der Waals surface area contributed by atoms with Crippen LogP contribution in [0.4, 0.5) is 22.7 Å². The number of likely N-dealkylation sites (N-methyl/N-ethyl adjacent to an activating group) is 1. The van der Waals surface area contributed by atoms with Crippen LogP contribution in [0.2, 0.25) is 0 Å². The van der Waals surface area contributed by atoms with Crippen molar-refractivity contribution in [2.45, 2.75) is 37.6 Å². The van der Waals surface area contributed by atoms with Crippen LogP contribution in [-0.2, 0) is 22.0 Å². The standard InChI is InChI=1S/C36H43N5O3S/c1-36(2,3)28-18-16-27(17-19-28)26-37-32-25-33(41-22-20-39(4)21-23-41)31(35(42)38-29-12-8-6-9-13-29)24-34(32)45(43,44)40(5)30-14-10-7-11-15-30/h6-19,24-25,37H,20-23,26H2,1-5H3,(H,38,42). The Bertz CT molecular complexity index is 1710. The third-order valence-electron chi connectivity index (χ3n) is 8.28. The van der Waals surface area contributed by atoms with E-state index in [4.69, 9.17) is 0 Å². The first-order valence-corrected chi connectivity index (χ1v) is 16.7. The molecule has 236 valence electrons. The molecular weight excluding hydrogens is 582 g/mol. The molecule has 9 heteroatoms. The molecule has 1 fully saturated rings. The number of para-hydroxylation sites is 2. The van der Waals surface area contributed by atoms with Gasteiger partial charge in [0.1, 0.15) is 4.90 Å². The SMILES string of the molecule is CN1CCN(c2cc(NCc3ccc(C(C)(C)C)cc3)c(S(=O)(=O)N(C)c3ccccc3)cc2C(=O)Nc2ccccc2)CC1. The molecule has 1 saturated heterocycles. The molecule has 1 aliphatic rings. The maximum atomic E-state index is 14.3. The third-order valence-corrected chi connectivity index (χ3v) is 10.1. The lowest BCUT2D eigenvalue weighted by molar-refractivity contribution is 0.102. The highest BCUT2D eigenvalue weighted by molar-refractivity contribution is 7.93. The molecule has 0 saturated carbocycles. The molecule has 2 N–H and O–H groups in total. The summed E-state index contributed by atoms with van der Waals surface area (Å²) < 4.78 is 29.9. The highest BCUT2D eigenvalue weighted by Crippen LogP contribution is 2.36. The number of benzene rings is 4. The first-order chi connectivity index (χ1) is 21.4. The van der Waals surface area contributed by atoms with Crippen molar-refractivity contribution in [1.82, 2.24) is 4.90 Å². The minimum atomic E-state index is -4.07. The number of sulfonamides is 1. The molecule has 0 unspecified atom stereocenters. The van der Waals surface area contributed by atoms with Crippen molar-refractivity contribution >= 4 is 38.7 Å². The predicted octanol–water partition coefficient (Wildman–Crippen LogP) is 6.43. The average molecular weight is 626 g/mol. The van der Waals surface area contributed by atoms with Gasteiger partial charge in [-0.05, 0) is 60.0 Å². The van der Waals surface area contributed by atoms with E-state index in [0.29, 0.717) is 47.9 Å². The van der Waals surface area contributed by atoms with E-state index in [-0.39, 0.29) is 16.2 Å². The minimum Gasteiger partial charge on any atom is -0.380 e. The lowest BCUT2D eigenvalue weighted by Gasteiger charge is -2.35. The largest absolute Gasteiger partial charge is 0.380 e. The van der Waals surface area contributed by atoms with Crippen molar-refractivity contribution < 1.29 is 13.2 Å². The van der Waals surface area contributed by atoms with Crippen molar-refractivity contribution in [3.05, 3.63) is 114 Å². The number of hydrogen-bond acceptors (Lipinski definition) is 6. The first-order valence-electron chi connectivity index (χ1n) is 15.3. The summed E-state index contributed by atoms with van der Waals surface area (Å²) in [6.45, 7) is 10.0. The number of hydrogen-bond donors (Lipinski definition) is 2. The number of piperazine rings is 1. The Morgan fingerprint density at radius 1 is 0.844 bits per heavy atom. The summed E-state index contributed by atoms with van der Waals surface area (Å²) in [4.78, 5) is 18.3. The molecular formula is C36H43N5O3S. The second-order valence-corrected chi connectivity index (χ2v) is 14.5. The summed E-state index contributed by atoms with van der Waals surface area (Å²) in [5, 5.41) is 6.41. The van der Waals surface area contributed by atoms with E-state index in [1.165, 1.54) is 23.0 Å². The normalized spacial score (nSPS) is 14.2. The number of nitrogens with one attached hydrogen (secondary N) is 2. The summed E-state index contributed by atoms with van der Waals surface area (Å²) in [7, 11) is -0.458. The summed E-state index contributed by atoms with van der Waals surface area (Å²) in [5.74, 6) is -0.363. The van der Waals surface area contributed by atoms with E-state index in [1.807, 2.05) is 42.5 Å². The zero-order chi connectivity index (χ0) is 32.2. The van der Waals surface area contributed by atoms with Crippen LogP contribution in [0.15, 0.2) is 102 Å². The Kier molecular flexibility index (Phi) is 9.51. The van der Waals surface area contributed by atoms with Gasteiger partial charge in [0, 0.05) is 45.5 Å². The zero-order valence-corrected chi connectivity index (χ0v) is 27.6. The number of carbonyl (C=O) groups excluding carboxylic acids is 1. The molecule has 5 rings (SSSR count). The molecule has 0 bridgehead atoms. The number of carbonyl (C=O) groups is 1. The quantitative estimate of drug-likeness (QED) is 0.223. The second kappa shape index (κ2) is 13.3. The van der Waals surface area contributed by atoms with Crippen molar-refractivity contribution in [2.75, 3.05) is 60.1 Å². The van der Waals surface area contributed by atoms with E-state index in [2.05, 4.69) is 72.5 Å². The van der Waals surface area contributed by atoms with Gasteiger partial charge in [-0.2, -0.15) is 0 Å². The summed E-state index contributed by atoms with van der Waals surface area (Å²) in [6, 6.07) is 29.9. The molecule has 0 aliphatic carbocycles. The minimum absolute atomic E-state index is 0.0306. The molecule has 1 aliphatic heterocycles. The third kappa shape index (κ3) is 7.49. The summed E-state index contributed by atoms with van der Waals surface area (Å²) in [5.41, 5.74) is 4.90. The van der Waals surface area contributed by atoms with Crippen LogP contribution < -0.4 is 19.8 Å². The fourth-order valence-electron chi connectivity index (χ4n) is 5.37. The topological polar surface area (TPSA) is 85.0 Å². The van der Waals surface area contributed by atoms with Gasteiger partial charge in [0.2, 0.25) is 0 Å². The van der Waals surface area contributed by atoms with Crippen LogP contribution in [0.3, 0.4) is 0 Å². The van der Waals surface area contributed by atoms with Gasteiger partial charge < -0.3 is 20.4 Å². The highest BCUT2D eigenvalue weighted by atomic mass is 32.2. The lowest BCUT2D eigenvalue weighted by Crippen LogP contribution is -2.45. The van der Waals surface area contributed by atoms with Crippen LogP contribution >= 0.6 is 0 Å². The number of rotatable bonds is 9. The molecule has 4 aromatic carbocycles. The van der Waals surface area contributed by atoms with Crippen molar-refractivity contribution in [3.8, 4) is 0 Å². The van der Waals surface area contributed by atoms with Crippen molar-refractivity contribution in [2.24, 2.45) is 0 Å². The summed E-state index contributed by atoms with van der Waals surface area (Å²) >= 11 is 0. The van der Waals surface area contributed by atoms with E-state index in [9.17, 15) is 13.2 Å². The lowest BCUT2D eigenvalue weighted by atomic mass is 9.87. The molecule has 1 amide bonds. The summed E-state index contributed by atoms with van der Waals surface area (Å²) in [6.07, 6.45) is 0. The predicted molar refractivity (Wildman–Crippen MR) is 185 cm³/mol. The maximum absolute atomic E-state index is 14.3. The maximum Gasteiger partial charge on any atom is 0.266 e. The van der Waals surface area contributed by atoms with Crippen LogP contribution in [-0.4, -0.2) is 59.5 Å². The van der Waals surface area contributed by atoms with Gasteiger partial charge in [0.05, 0.1) is 22.6 Å². The molecule has 8 nitrogen and oxygen atoms in total. The second-order valence-electron chi connectivity index (χ2n) is 12.6. The van der Waals surface area contributed by atoms with Crippen LogP contribution in [0.1, 0.15) is 42.3 Å². The van der Waals surface area contributed by atoms with Gasteiger partial charge >= 0.3 is 0 Å². The Balaban J connectivity index is 1.60. The number of anilines is 4. The smallest absolute Gasteiger partial charge is 0.266 e. The van der Waals surface area contributed by atoms with E-state index < -0.39 is 10.0 Å². The van der Waals surface area contributed by atoms with Crippen LogP contribution in [0.5, 0.6) is 0 Å². The van der Waals surface area contributed by atoms with Gasteiger partial charge in [-0.1, -0.05) is 81.4 Å². The molecule has 0 spiro atoms. The Labute approximate surface area is 267 Å². The molecule has 0 radical (unpaired) electrons. The first kappa shape index (κ1) is 32.1. The molecule has 45 heavy (non-hydrogen) atoms. The molecule has 0 atom stereocenters. The average Bonchev–Trinajstić information content (AvgIpc) is 3.04. The number of amides is 1. The molecule has 4 aromatic rings. The zero-order valence-electron chi connectivity index (χ0n) is 26.7. The van der Waals surface area contributed by atoms with E-state index >= 15 is 0 Å². The van der Waals surface area contributed by atoms with Crippen molar-refractivity contribution in [1.29, 1.82) is 0 Å². The fraction of sp³-hybridized carbons (Fsp3) is 0.306. The van der Waals surface area contributed by atoms with Gasteiger partial charge in [-0.15, -0.1) is 0 Å². The van der Waals surface area contributed by atoms with Gasteiger partial charge in [-0.25, -0.2) is 8.42 Å². The molecule has 1 heterocycles. The Morgan fingerprint density at radius 3 is 2.04 bits per heavy atom. The monoisotopic (exact) mass is 625 g/mol. The van der Waals surface area contributed by atoms with E-state index in [0.717, 1.165) is 18.7 Å².